The van der Waals surface area contributed by atoms with Crippen molar-refractivity contribution in [1.82, 2.24) is 10.6 Å². The summed E-state index contributed by atoms with van der Waals surface area (Å²) in [5.41, 5.74) is 4.54. The molecule has 2 aliphatic carbocycles. The molecular formula is C24H26N2O5. The number of carboxylic acid groups (broad SMARTS) is 1. The summed E-state index contributed by atoms with van der Waals surface area (Å²) in [6.45, 7) is 1.80. The van der Waals surface area contributed by atoms with Crippen molar-refractivity contribution in [2.24, 2.45) is 5.92 Å². The largest absolute Gasteiger partial charge is 0.481 e. The molecule has 1 fully saturated rings. The minimum Gasteiger partial charge on any atom is -0.481 e. The number of aliphatic carboxylic acids is 1. The summed E-state index contributed by atoms with van der Waals surface area (Å²) in [4.78, 5) is 35.9. The number of hydrogen-bond donors (Lipinski definition) is 3. The molecule has 2 aromatic carbocycles. The van der Waals surface area contributed by atoms with E-state index in [4.69, 9.17) is 9.84 Å². The predicted octanol–water partition coefficient (Wildman–Crippen LogP) is 3.28. The molecule has 0 radical (unpaired) electrons. The molecule has 1 saturated carbocycles. The summed E-state index contributed by atoms with van der Waals surface area (Å²) in [6, 6.07) is 14.9. The smallest absolute Gasteiger partial charge is 0.407 e. The SMILES string of the molecule is CC(CC(=O)O)NC(=O)C(NC(=O)OCC1c2ccccc2-c2ccccc21)C1CC1. The second-order valence-corrected chi connectivity index (χ2v) is 8.29. The molecule has 0 spiro atoms. The first-order valence-electron chi connectivity index (χ1n) is 10.6. The summed E-state index contributed by atoms with van der Waals surface area (Å²) in [7, 11) is 0. The van der Waals surface area contributed by atoms with Gasteiger partial charge in [0.05, 0.1) is 6.42 Å². The lowest BCUT2D eigenvalue weighted by molar-refractivity contribution is -0.137. The van der Waals surface area contributed by atoms with Crippen LogP contribution in [0.1, 0.15) is 43.2 Å². The Kier molecular flexibility index (Phi) is 5.93. The highest BCUT2D eigenvalue weighted by atomic mass is 16.5. The molecule has 0 heterocycles. The number of carbonyl (C=O) groups excluding carboxylic acids is 2. The van der Waals surface area contributed by atoms with Gasteiger partial charge in [0.2, 0.25) is 5.91 Å². The van der Waals surface area contributed by atoms with E-state index in [0.29, 0.717) is 0 Å². The number of rotatable bonds is 8. The van der Waals surface area contributed by atoms with Crippen LogP contribution in [0.15, 0.2) is 48.5 Å². The van der Waals surface area contributed by atoms with E-state index in [0.717, 1.165) is 35.1 Å². The van der Waals surface area contributed by atoms with Crippen molar-refractivity contribution in [3.05, 3.63) is 59.7 Å². The standard InChI is InChI=1S/C24H26N2O5/c1-14(12-21(27)28)25-23(29)22(15-10-11-15)26-24(30)31-13-20-18-8-4-2-6-16(18)17-7-3-5-9-19(17)20/h2-9,14-15,20,22H,10-13H2,1H3,(H,25,29)(H,26,30)(H,27,28). The molecular weight excluding hydrogens is 396 g/mol. The van der Waals surface area contributed by atoms with E-state index in [1.807, 2.05) is 36.4 Å². The van der Waals surface area contributed by atoms with Gasteiger partial charge in [-0.3, -0.25) is 9.59 Å². The number of carbonyl (C=O) groups is 3. The molecule has 2 unspecified atom stereocenters. The molecule has 2 aromatic rings. The number of ether oxygens (including phenoxy) is 1. The maximum Gasteiger partial charge on any atom is 0.407 e. The minimum atomic E-state index is -0.986. The Balaban J connectivity index is 1.38. The van der Waals surface area contributed by atoms with Gasteiger partial charge in [-0.05, 0) is 47.9 Å². The Bertz CT molecular complexity index is 955. The van der Waals surface area contributed by atoms with E-state index in [2.05, 4.69) is 22.8 Å². The molecule has 162 valence electrons. The van der Waals surface area contributed by atoms with E-state index in [1.165, 1.54) is 0 Å². The summed E-state index contributed by atoms with van der Waals surface area (Å²) in [5, 5.41) is 14.2. The Labute approximate surface area is 180 Å². The molecule has 2 atom stereocenters. The summed E-state index contributed by atoms with van der Waals surface area (Å²) < 4.78 is 5.54. The Hall–Kier alpha value is -3.35. The Morgan fingerprint density at radius 1 is 1.00 bits per heavy atom. The van der Waals surface area contributed by atoms with Crippen molar-refractivity contribution in [2.45, 2.75) is 44.2 Å². The monoisotopic (exact) mass is 422 g/mol. The summed E-state index contributed by atoms with van der Waals surface area (Å²) in [5.74, 6) is -1.36. The van der Waals surface area contributed by atoms with E-state index in [-0.39, 0.29) is 30.8 Å². The lowest BCUT2D eigenvalue weighted by atomic mass is 9.98. The van der Waals surface area contributed by atoms with Crippen LogP contribution >= 0.6 is 0 Å². The third kappa shape index (κ3) is 4.71. The van der Waals surface area contributed by atoms with Gasteiger partial charge < -0.3 is 20.5 Å². The molecule has 7 heteroatoms. The van der Waals surface area contributed by atoms with Crippen LogP contribution in [0.5, 0.6) is 0 Å². The third-order valence-corrected chi connectivity index (χ3v) is 5.86. The molecule has 3 N–H and O–H groups in total. The van der Waals surface area contributed by atoms with Crippen molar-refractivity contribution >= 4 is 18.0 Å². The van der Waals surface area contributed by atoms with Gasteiger partial charge in [0.15, 0.2) is 0 Å². The second kappa shape index (κ2) is 8.79. The van der Waals surface area contributed by atoms with Crippen molar-refractivity contribution in [3.8, 4) is 11.1 Å². The van der Waals surface area contributed by atoms with Crippen LogP contribution in [0.25, 0.3) is 11.1 Å². The van der Waals surface area contributed by atoms with Crippen molar-refractivity contribution < 1.29 is 24.2 Å². The summed E-state index contributed by atoms with van der Waals surface area (Å²) in [6.07, 6.45) is 0.873. The molecule has 4 rings (SSSR count). The molecule has 0 aromatic heterocycles. The van der Waals surface area contributed by atoms with Crippen molar-refractivity contribution in [2.75, 3.05) is 6.61 Å². The topological polar surface area (TPSA) is 105 Å². The highest BCUT2D eigenvalue weighted by Gasteiger charge is 2.38. The second-order valence-electron chi connectivity index (χ2n) is 8.29. The maximum atomic E-state index is 12.6. The number of amides is 2. The molecule has 7 nitrogen and oxygen atoms in total. The lowest BCUT2D eigenvalue weighted by Gasteiger charge is -2.21. The zero-order valence-electron chi connectivity index (χ0n) is 17.3. The van der Waals surface area contributed by atoms with Gasteiger partial charge in [0.1, 0.15) is 12.6 Å². The van der Waals surface area contributed by atoms with Crippen LogP contribution < -0.4 is 10.6 Å². The van der Waals surface area contributed by atoms with E-state index < -0.39 is 24.1 Å². The maximum absolute atomic E-state index is 12.6. The van der Waals surface area contributed by atoms with Gasteiger partial charge in [-0.1, -0.05) is 48.5 Å². The van der Waals surface area contributed by atoms with E-state index >= 15 is 0 Å². The average molecular weight is 422 g/mol. The fraction of sp³-hybridized carbons (Fsp3) is 0.375. The van der Waals surface area contributed by atoms with Crippen LogP contribution in [0.2, 0.25) is 0 Å². The number of alkyl carbamates (subject to hydrolysis) is 1. The normalized spacial score (nSPS) is 16.5. The predicted molar refractivity (Wildman–Crippen MR) is 115 cm³/mol. The quantitative estimate of drug-likeness (QED) is 0.606. The molecule has 2 aliphatic rings. The third-order valence-electron chi connectivity index (χ3n) is 5.86. The lowest BCUT2D eigenvalue weighted by Crippen LogP contribution is -2.50. The van der Waals surface area contributed by atoms with Crippen molar-refractivity contribution in [1.29, 1.82) is 0 Å². The number of nitrogens with one attached hydrogen (secondary N) is 2. The van der Waals surface area contributed by atoms with Crippen LogP contribution in [-0.4, -0.2) is 41.8 Å². The van der Waals surface area contributed by atoms with Gasteiger partial charge in [-0.2, -0.15) is 0 Å². The van der Waals surface area contributed by atoms with Crippen LogP contribution in [0.3, 0.4) is 0 Å². The number of fused-ring (bicyclic) bond motifs is 3. The van der Waals surface area contributed by atoms with Gasteiger partial charge in [0.25, 0.3) is 0 Å². The number of benzene rings is 2. The number of hydrogen-bond acceptors (Lipinski definition) is 4. The van der Waals surface area contributed by atoms with Gasteiger partial charge >= 0.3 is 12.1 Å². The highest BCUT2D eigenvalue weighted by molar-refractivity contribution is 5.87. The van der Waals surface area contributed by atoms with Gasteiger partial charge in [0, 0.05) is 12.0 Å². The van der Waals surface area contributed by atoms with E-state index in [1.54, 1.807) is 6.92 Å². The molecule has 0 saturated heterocycles. The minimum absolute atomic E-state index is 0.0533. The van der Waals surface area contributed by atoms with Crippen molar-refractivity contribution in [3.63, 3.8) is 0 Å². The van der Waals surface area contributed by atoms with Gasteiger partial charge in [-0.15, -0.1) is 0 Å². The molecule has 0 aliphatic heterocycles. The molecule has 0 bridgehead atoms. The first-order valence-corrected chi connectivity index (χ1v) is 10.6. The first-order chi connectivity index (χ1) is 14.9. The Morgan fingerprint density at radius 2 is 1.58 bits per heavy atom. The average Bonchev–Trinajstić information content (AvgIpc) is 3.52. The summed E-state index contributed by atoms with van der Waals surface area (Å²) >= 11 is 0. The molecule has 31 heavy (non-hydrogen) atoms. The van der Waals surface area contributed by atoms with Crippen LogP contribution in [0.4, 0.5) is 4.79 Å². The fourth-order valence-corrected chi connectivity index (χ4v) is 4.24. The highest BCUT2D eigenvalue weighted by Crippen LogP contribution is 2.44. The zero-order chi connectivity index (χ0) is 22.0. The van der Waals surface area contributed by atoms with Gasteiger partial charge in [-0.25, -0.2) is 4.79 Å². The van der Waals surface area contributed by atoms with Crippen LogP contribution in [0, 0.1) is 5.92 Å². The van der Waals surface area contributed by atoms with E-state index in [9.17, 15) is 14.4 Å². The number of carboxylic acids is 1. The fourth-order valence-electron chi connectivity index (χ4n) is 4.24. The zero-order valence-corrected chi connectivity index (χ0v) is 17.3. The van der Waals surface area contributed by atoms with Crippen LogP contribution in [-0.2, 0) is 14.3 Å². The molecule has 2 amide bonds. The Morgan fingerprint density at radius 3 is 2.13 bits per heavy atom. The first kappa shape index (κ1) is 20.9.